The molecule has 3 aromatic rings. The van der Waals surface area contributed by atoms with Gasteiger partial charge < -0.3 is 5.32 Å². The van der Waals surface area contributed by atoms with Gasteiger partial charge in [0.2, 0.25) is 16.7 Å². The molecule has 1 N–H and O–H groups in total. The third-order valence-corrected chi connectivity index (χ3v) is 7.27. The Bertz CT molecular complexity index is 1260. The van der Waals surface area contributed by atoms with Gasteiger partial charge in [-0.25, -0.2) is 0 Å². The van der Waals surface area contributed by atoms with Gasteiger partial charge in [-0.15, -0.1) is 11.8 Å². The van der Waals surface area contributed by atoms with Crippen molar-refractivity contribution in [3.8, 4) is 0 Å². The second kappa shape index (κ2) is 8.08. The average molecular weight is 458 g/mol. The van der Waals surface area contributed by atoms with Crippen molar-refractivity contribution in [2.75, 3.05) is 27.4 Å². The Morgan fingerprint density at radius 2 is 1.64 bits per heavy atom. The van der Waals surface area contributed by atoms with E-state index in [9.17, 15) is 14.4 Å². The van der Waals surface area contributed by atoms with Gasteiger partial charge in [0, 0.05) is 16.9 Å². The van der Waals surface area contributed by atoms with E-state index in [4.69, 9.17) is 0 Å². The van der Waals surface area contributed by atoms with E-state index in [1.165, 1.54) is 16.7 Å². The van der Waals surface area contributed by atoms with Crippen LogP contribution in [0.5, 0.6) is 0 Å². The van der Waals surface area contributed by atoms with E-state index in [0.29, 0.717) is 17.1 Å². The van der Waals surface area contributed by atoms with Gasteiger partial charge in [-0.1, -0.05) is 42.5 Å². The normalized spacial score (nSPS) is 19.3. The number of carbonyl (C=O) groups is 3. The number of hydrogen-bond acceptors (Lipinski definition) is 4. The van der Waals surface area contributed by atoms with Crippen molar-refractivity contribution in [1.29, 1.82) is 0 Å². The summed E-state index contributed by atoms with van der Waals surface area (Å²) in [4.78, 5) is 41.9. The maximum atomic E-state index is 14.0. The Morgan fingerprint density at radius 1 is 0.970 bits per heavy atom. The molecule has 0 aliphatic carbocycles. The zero-order valence-corrected chi connectivity index (χ0v) is 19.2. The SMILES string of the molecule is Cc1cc(C)cc(N2C(=O)CSC23C(=O)N(CC(=O)Nc2ccccc2)c2ccccc23)c1. The third-order valence-electron chi connectivity index (χ3n) is 5.89. The summed E-state index contributed by atoms with van der Waals surface area (Å²) in [5.74, 6) is -0.503. The minimum absolute atomic E-state index is 0.122. The molecule has 0 bridgehead atoms. The van der Waals surface area contributed by atoms with Gasteiger partial charge in [0.25, 0.3) is 5.91 Å². The van der Waals surface area contributed by atoms with Crippen molar-refractivity contribution >= 4 is 46.5 Å². The Labute approximate surface area is 196 Å². The molecule has 1 unspecified atom stereocenters. The molecular formula is C26H23N3O3S. The molecular weight excluding hydrogens is 434 g/mol. The van der Waals surface area contributed by atoms with Crippen LogP contribution in [-0.4, -0.2) is 30.0 Å². The largest absolute Gasteiger partial charge is 0.325 e. The molecule has 0 radical (unpaired) electrons. The van der Waals surface area contributed by atoms with Gasteiger partial charge in [-0.3, -0.25) is 24.2 Å². The number of aryl methyl sites for hydroxylation is 2. The number of carbonyl (C=O) groups excluding carboxylic acids is 3. The van der Waals surface area contributed by atoms with Crippen LogP contribution in [0.1, 0.15) is 16.7 Å². The van der Waals surface area contributed by atoms with Gasteiger partial charge in [-0.2, -0.15) is 0 Å². The van der Waals surface area contributed by atoms with E-state index >= 15 is 0 Å². The van der Waals surface area contributed by atoms with E-state index < -0.39 is 4.87 Å². The lowest BCUT2D eigenvalue weighted by atomic mass is 10.0. The molecule has 5 rings (SSSR count). The first-order valence-electron chi connectivity index (χ1n) is 10.7. The second-order valence-electron chi connectivity index (χ2n) is 8.33. The molecule has 2 aliphatic rings. The number of amides is 3. The summed E-state index contributed by atoms with van der Waals surface area (Å²) in [6.45, 7) is 3.81. The lowest BCUT2D eigenvalue weighted by Crippen LogP contribution is -2.51. The van der Waals surface area contributed by atoms with Gasteiger partial charge >= 0.3 is 0 Å². The smallest absolute Gasteiger partial charge is 0.269 e. The lowest BCUT2D eigenvalue weighted by molar-refractivity contribution is -0.124. The highest BCUT2D eigenvalue weighted by Crippen LogP contribution is 2.55. The monoisotopic (exact) mass is 457 g/mol. The van der Waals surface area contributed by atoms with E-state index in [2.05, 4.69) is 5.32 Å². The molecule has 33 heavy (non-hydrogen) atoms. The van der Waals surface area contributed by atoms with Crippen LogP contribution in [0, 0.1) is 13.8 Å². The first kappa shape index (κ1) is 21.3. The fourth-order valence-corrected chi connectivity index (χ4v) is 6.02. The predicted octanol–water partition coefficient (Wildman–Crippen LogP) is 4.22. The highest BCUT2D eigenvalue weighted by atomic mass is 32.2. The van der Waals surface area contributed by atoms with Crippen molar-refractivity contribution < 1.29 is 14.4 Å². The summed E-state index contributed by atoms with van der Waals surface area (Å²) in [6, 6.07) is 22.5. The fourth-order valence-electron chi connectivity index (χ4n) is 4.66. The van der Waals surface area contributed by atoms with Gasteiger partial charge in [0.05, 0.1) is 11.4 Å². The van der Waals surface area contributed by atoms with Crippen molar-refractivity contribution in [2.45, 2.75) is 18.7 Å². The lowest BCUT2D eigenvalue weighted by Gasteiger charge is -2.33. The topological polar surface area (TPSA) is 69.7 Å². The summed E-state index contributed by atoms with van der Waals surface area (Å²) in [6.07, 6.45) is 0. The number of rotatable bonds is 4. The van der Waals surface area contributed by atoms with Crippen molar-refractivity contribution in [3.63, 3.8) is 0 Å². The number of thioether (sulfide) groups is 1. The molecule has 3 amide bonds. The molecule has 1 spiro atoms. The molecule has 166 valence electrons. The molecule has 3 aromatic carbocycles. The minimum atomic E-state index is -1.22. The number of nitrogens with one attached hydrogen (secondary N) is 1. The molecule has 2 heterocycles. The number of benzene rings is 3. The number of hydrogen-bond donors (Lipinski definition) is 1. The number of para-hydroxylation sites is 2. The van der Waals surface area contributed by atoms with Crippen LogP contribution in [-0.2, 0) is 19.3 Å². The molecule has 0 saturated carbocycles. The summed E-state index contributed by atoms with van der Waals surface area (Å²) in [5, 5.41) is 2.85. The molecule has 7 heteroatoms. The summed E-state index contributed by atoms with van der Waals surface area (Å²) >= 11 is 1.31. The van der Waals surface area contributed by atoms with Gasteiger partial charge in [-0.05, 0) is 55.3 Å². The zero-order chi connectivity index (χ0) is 23.2. The molecule has 1 fully saturated rings. The number of fused-ring (bicyclic) bond motifs is 2. The van der Waals surface area contributed by atoms with Crippen molar-refractivity contribution in [1.82, 2.24) is 0 Å². The molecule has 6 nitrogen and oxygen atoms in total. The van der Waals surface area contributed by atoms with E-state index in [0.717, 1.165) is 16.7 Å². The number of anilines is 3. The van der Waals surface area contributed by atoms with Crippen molar-refractivity contribution in [2.24, 2.45) is 0 Å². The van der Waals surface area contributed by atoms with E-state index in [1.807, 2.05) is 74.5 Å². The van der Waals surface area contributed by atoms with Crippen LogP contribution in [0.25, 0.3) is 0 Å². The fraction of sp³-hybridized carbons (Fsp3) is 0.192. The second-order valence-corrected chi connectivity index (χ2v) is 9.50. The van der Waals surface area contributed by atoms with Crippen LogP contribution in [0.3, 0.4) is 0 Å². The summed E-state index contributed by atoms with van der Waals surface area (Å²) in [7, 11) is 0. The Balaban J connectivity index is 1.55. The van der Waals surface area contributed by atoms with Gasteiger partial charge in [0.1, 0.15) is 6.54 Å². The quantitative estimate of drug-likeness (QED) is 0.637. The van der Waals surface area contributed by atoms with E-state index in [-0.39, 0.29) is 30.0 Å². The Morgan fingerprint density at radius 3 is 2.36 bits per heavy atom. The predicted molar refractivity (Wildman–Crippen MR) is 131 cm³/mol. The van der Waals surface area contributed by atoms with Crippen LogP contribution in [0.4, 0.5) is 17.1 Å². The molecule has 0 aromatic heterocycles. The Hall–Kier alpha value is -3.58. The Kier molecular flexibility index (Phi) is 5.21. The highest BCUT2D eigenvalue weighted by Gasteiger charge is 2.61. The molecule has 2 aliphatic heterocycles. The van der Waals surface area contributed by atoms with Crippen LogP contribution < -0.4 is 15.1 Å². The first-order valence-corrected chi connectivity index (χ1v) is 11.7. The molecule has 1 atom stereocenters. The summed E-state index contributed by atoms with van der Waals surface area (Å²) in [5.41, 5.74) is 4.78. The zero-order valence-electron chi connectivity index (χ0n) is 18.4. The number of nitrogens with zero attached hydrogens (tertiary/aromatic N) is 2. The van der Waals surface area contributed by atoms with Crippen LogP contribution in [0.2, 0.25) is 0 Å². The summed E-state index contributed by atoms with van der Waals surface area (Å²) < 4.78 is 0. The maximum absolute atomic E-state index is 14.0. The molecule has 1 saturated heterocycles. The highest BCUT2D eigenvalue weighted by molar-refractivity contribution is 8.02. The third kappa shape index (κ3) is 3.49. The first-order chi connectivity index (χ1) is 15.9. The maximum Gasteiger partial charge on any atom is 0.269 e. The van der Waals surface area contributed by atoms with Crippen LogP contribution >= 0.6 is 11.8 Å². The van der Waals surface area contributed by atoms with Crippen LogP contribution in [0.15, 0.2) is 72.8 Å². The van der Waals surface area contributed by atoms with E-state index in [1.54, 1.807) is 17.0 Å². The van der Waals surface area contributed by atoms with Crippen molar-refractivity contribution in [3.05, 3.63) is 89.5 Å². The minimum Gasteiger partial charge on any atom is -0.325 e. The van der Waals surface area contributed by atoms with Gasteiger partial charge in [0.15, 0.2) is 0 Å². The average Bonchev–Trinajstić information content (AvgIpc) is 3.25. The standard InChI is InChI=1S/C26H23N3O3S/c1-17-12-18(2)14-20(13-17)29-24(31)16-33-26(29)21-10-6-7-11-22(21)28(25(26)32)15-23(30)27-19-8-4-3-5-9-19/h3-14H,15-16H2,1-2H3,(H,27,30).